The van der Waals surface area contributed by atoms with E-state index in [1.807, 2.05) is 22.4 Å². The molecule has 0 atom stereocenters. The molecule has 1 aromatic carbocycles. The molecule has 10 heteroatoms. The van der Waals surface area contributed by atoms with Crippen molar-refractivity contribution in [1.82, 2.24) is 29.9 Å². The first kappa shape index (κ1) is 22.3. The van der Waals surface area contributed by atoms with Gasteiger partial charge in [0.15, 0.2) is 0 Å². The van der Waals surface area contributed by atoms with E-state index < -0.39 is 0 Å². The zero-order valence-electron chi connectivity index (χ0n) is 18.4. The van der Waals surface area contributed by atoms with Gasteiger partial charge in [-0.05, 0) is 36.4 Å². The Morgan fingerprint density at radius 2 is 1.76 bits per heavy atom. The Morgan fingerprint density at radius 3 is 2.53 bits per heavy atom. The van der Waals surface area contributed by atoms with Crippen LogP contribution >= 0.6 is 11.3 Å². The highest BCUT2D eigenvalue weighted by molar-refractivity contribution is 7.13. The van der Waals surface area contributed by atoms with Gasteiger partial charge in [-0.1, -0.05) is 5.16 Å². The fourth-order valence-electron chi connectivity index (χ4n) is 3.84. The zero-order chi connectivity index (χ0) is 23.3. The summed E-state index contributed by atoms with van der Waals surface area (Å²) in [6, 6.07) is 10.0. The Labute approximate surface area is 200 Å². The molecule has 1 amide bonds. The van der Waals surface area contributed by atoms with E-state index >= 15 is 0 Å². The van der Waals surface area contributed by atoms with Crippen LogP contribution in [0.1, 0.15) is 18.0 Å². The predicted octanol–water partition coefficient (Wildman–Crippen LogP) is 3.67. The van der Waals surface area contributed by atoms with E-state index in [-0.39, 0.29) is 11.7 Å². The van der Waals surface area contributed by atoms with Crippen molar-refractivity contribution >= 4 is 17.2 Å². The van der Waals surface area contributed by atoms with Crippen LogP contribution in [-0.4, -0.2) is 62.0 Å². The number of halogens is 1. The summed E-state index contributed by atoms with van der Waals surface area (Å²) in [5, 5.41) is 6.91. The van der Waals surface area contributed by atoms with E-state index in [2.05, 4.69) is 20.0 Å². The summed E-state index contributed by atoms with van der Waals surface area (Å²) in [5.74, 6) is 0.803. The lowest BCUT2D eigenvalue weighted by Crippen LogP contribution is -2.48. The van der Waals surface area contributed by atoms with Crippen LogP contribution in [0, 0.1) is 5.82 Å². The SMILES string of the molecule is O=C(CCc1nc(-c2ccncc2)no1)N1CCN(Cc2csc(-c3ccc(F)cc3)n2)CC1. The Hall–Kier alpha value is -3.50. The number of thiazole rings is 1. The highest BCUT2D eigenvalue weighted by Crippen LogP contribution is 2.24. The van der Waals surface area contributed by atoms with Crippen molar-refractivity contribution in [3.63, 3.8) is 0 Å². The molecular formula is C24H23FN6O2S. The second-order valence-corrected chi connectivity index (χ2v) is 8.91. The molecule has 1 saturated heterocycles. The van der Waals surface area contributed by atoms with Crippen LogP contribution in [0.25, 0.3) is 22.0 Å². The lowest BCUT2D eigenvalue weighted by molar-refractivity contribution is -0.133. The average molecular weight is 479 g/mol. The van der Waals surface area contributed by atoms with Gasteiger partial charge in [0.05, 0.1) is 5.69 Å². The molecule has 8 nitrogen and oxygen atoms in total. The molecule has 5 rings (SSSR count). The number of nitrogens with zero attached hydrogens (tertiary/aromatic N) is 6. The van der Waals surface area contributed by atoms with Gasteiger partial charge in [0, 0.05) is 74.5 Å². The monoisotopic (exact) mass is 478 g/mol. The number of carbonyl (C=O) groups is 1. The molecule has 1 aliphatic rings. The third-order valence-electron chi connectivity index (χ3n) is 5.71. The van der Waals surface area contributed by atoms with Crippen LogP contribution in [0.2, 0.25) is 0 Å². The minimum atomic E-state index is -0.250. The molecule has 174 valence electrons. The fraction of sp³-hybridized carbons (Fsp3) is 0.292. The highest BCUT2D eigenvalue weighted by atomic mass is 32.1. The van der Waals surface area contributed by atoms with E-state index in [0.29, 0.717) is 37.6 Å². The number of aromatic nitrogens is 4. The van der Waals surface area contributed by atoms with Gasteiger partial charge in [-0.15, -0.1) is 11.3 Å². The van der Waals surface area contributed by atoms with Gasteiger partial charge in [0.25, 0.3) is 0 Å². The first-order valence-electron chi connectivity index (χ1n) is 11.1. The number of amides is 1. The molecule has 0 bridgehead atoms. The van der Waals surface area contributed by atoms with Crippen LogP contribution in [-0.2, 0) is 17.8 Å². The van der Waals surface area contributed by atoms with Gasteiger partial charge in [-0.25, -0.2) is 9.37 Å². The van der Waals surface area contributed by atoms with Crippen LogP contribution in [0.15, 0.2) is 58.7 Å². The Balaban J connectivity index is 1.08. The number of hydrogen-bond acceptors (Lipinski definition) is 8. The summed E-state index contributed by atoms with van der Waals surface area (Å²) in [4.78, 5) is 29.9. The van der Waals surface area contributed by atoms with E-state index in [1.54, 1.807) is 35.9 Å². The van der Waals surface area contributed by atoms with Crippen molar-refractivity contribution in [3.8, 4) is 22.0 Å². The zero-order valence-corrected chi connectivity index (χ0v) is 19.2. The maximum absolute atomic E-state index is 13.1. The number of rotatable bonds is 7. The number of pyridine rings is 1. The fourth-order valence-corrected chi connectivity index (χ4v) is 4.65. The van der Waals surface area contributed by atoms with Gasteiger partial charge < -0.3 is 9.42 Å². The topological polar surface area (TPSA) is 88.2 Å². The molecular weight excluding hydrogens is 455 g/mol. The molecule has 0 radical (unpaired) electrons. The third-order valence-corrected chi connectivity index (χ3v) is 6.65. The second-order valence-electron chi connectivity index (χ2n) is 8.06. The second kappa shape index (κ2) is 10.2. The first-order valence-corrected chi connectivity index (χ1v) is 12.0. The van der Waals surface area contributed by atoms with Crippen LogP contribution in [0.4, 0.5) is 4.39 Å². The predicted molar refractivity (Wildman–Crippen MR) is 125 cm³/mol. The maximum Gasteiger partial charge on any atom is 0.227 e. The quantitative estimate of drug-likeness (QED) is 0.400. The molecule has 1 aliphatic heterocycles. The third kappa shape index (κ3) is 5.35. The number of hydrogen-bond donors (Lipinski definition) is 0. The number of carbonyl (C=O) groups excluding carboxylic acids is 1. The molecule has 0 unspecified atom stereocenters. The molecule has 3 aromatic heterocycles. The van der Waals surface area contributed by atoms with E-state index in [1.165, 1.54) is 12.1 Å². The van der Waals surface area contributed by atoms with Gasteiger partial charge in [-0.2, -0.15) is 4.98 Å². The lowest BCUT2D eigenvalue weighted by Gasteiger charge is -2.34. The van der Waals surface area contributed by atoms with Gasteiger partial charge in [0.1, 0.15) is 10.8 Å². The average Bonchev–Trinajstić information content (AvgIpc) is 3.54. The minimum absolute atomic E-state index is 0.0931. The number of piperazine rings is 1. The van der Waals surface area contributed by atoms with Crippen LogP contribution < -0.4 is 0 Å². The summed E-state index contributed by atoms with van der Waals surface area (Å²) in [6.45, 7) is 3.68. The van der Waals surface area contributed by atoms with Crippen LogP contribution in [0.5, 0.6) is 0 Å². The van der Waals surface area contributed by atoms with Crippen molar-refractivity contribution < 1.29 is 13.7 Å². The van der Waals surface area contributed by atoms with E-state index in [9.17, 15) is 9.18 Å². The minimum Gasteiger partial charge on any atom is -0.340 e. The largest absolute Gasteiger partial charge is 0.340 e. The maximum atomic E-state index is 13.1. The molecule has 4 aromatic rings. The van der Waals surface area contributed by atoms with Crippen molar-refractivity contribution in [2.75, 3.05) is 26.2 Å². The Morgan fingerprint density at radius 1 is 1.00 bits per heavy atom. The summed E-state index contributed by atoms with van der Waals surface area (Å²) >= 11 is 1.56. The van der Waals surface area contributed by atoms with Crippen molar-refractivity contribution in [2.45, 2.75) is 19.4 Å². The number of aryl methyl sites for hydroxylation is 1. The molecule has 0 aliphatic carbocycles. The Kier molecular flexibility index (Phi) is 6.68. The van der Waals surface area contributed by atoms with Crippen LogP contribution in [0.3, 0.4) is 0 Å². The standard InChI is InChI=1S/C24H23FN6O2S/c25-19-3-1-18(2-4-19)24-27-20(16-34-24)15-30-11-13-31(14-12-30)22(32)6-5-21-28-23(29-33-21)17-7-9-26-10-8-17/h1-4,7-10,16H,5-6,11-15H2. The van der Waals surface area contributed by atoms with Gasteiger partial charge in [-0.3, -0.25) is 14.7 Å². The first-order chi connectivity index (χ1) is 16.6. The lowest BCUT2D eigenvalue weighted by atomic mass is 10.2. The molecule has 4 heterocycles. The highest BCUT2D eigenvalue weighted by Gasteiger charge is 2.22. The van der Waals surface area contributed by atoms with Crippen molar-refractivity contribution in [1.29, 1.82) is 0 Å². The molecule has 0 N–H and O–H groups in total. The van der Waals surface area contributed by atoms with Gasteiger partial charge >= 0.3 is 0 Å². The number of benzene rings is 1. The molecule has 1 fully saturated rings. The van der Waals surface area contributed by atoms with Gasteiger partial charge in [0.2, 0.25) is 17.6 Å². The van der Waals surface area contributed by atoms with E-state index in [4.69, 9.17) is 9.51 Å². The van der Waals surface area contributed by atoms with Crippen molar-refractivity contribution in [3.05, 3.63) is 71.6 Å². The smallest absolute Gasteiger partial charge is 0.227 e. The molecule has 0 spiro atoms. The summed E-state index contributed by atoms with van der Waals surface area (Å²) in [7, 11) is 0. The molecule has 0 saturated carbocycles. The summed E-state index contributed by atoms with van der Waals surface area (Å²) < 4.78 is 18.4. The Bertz CT molecular complexity index is 1240. The summed E-state index contributed by atoms with van der Waals surface area (Å²) in [6.07, 6.45) is 4.11. The van der Waals surface area contributed by atoms with Crippen molar-refractivity contribution in [2.24, 2.45) is 0 Å². The van der Waals surface area contributed by atoms with E-state index in [0.717, 1.165) is 41.5 Å². The molecule has 34 heavy (non-hydrogen) atoms. The normalized spacial score (nSPS) is 14.4. The summed E-state index contributed by atoms with van der Waals surface area (Å²) in [5.41, 5.74) is 2.74.